The lowest BCUT2D eigenvalue weighted by Crippen LogP contribution is -2.15. The fraction of sp³-hybridized carbons (Fsp3) is 0.500. The molecule has 0 aromatic rings. The van der Waals surface area contributed by atoms with Gasteiger partial charge in [0.05, 0.1) is 7.77 Å². The van der Waals surface area contributed by atoms with Gasteiger partial charge in [0.25, 0.3) is 0 Å². The van der Waals surface area contributed by atoms with Gasteiger partial charge in [0, 0.05) is 0 Å². The number of hydrogen-bond donors (Lipinski definition) is 1. The molecule has 11 heavy (non-hydrogen) atoms. The molecule has 1 N–H and O–H groups in total. The van der Waals surface area contributed by atoms with Crippen molar-refractivity contribution in [1.82, 2.24) is 0 Å². The summed E-state index contributed by atoms with van der Waals surface area (Å²) in [6.45, 7) is 0. The Balaban J connectivity index is 4.07. The van der Waals surface area contributed by atoms with E-state index in [1.54, 1.807) is 0 Å². The van der Waals surface area contributed by atoms with Gasteiger partial charge in [-0.2, -0.15) is 13.2 Å². The molecule has 0 bridgehead atoms. The second-order valence-electron chi connectivity index (χ2n) is 1.66. The van der Waals surface area contributed by atoms with Gasteiger partial charge < -0.3 is 10.00 Å². The van der Waals surface area contributed by atoms with E-state index in [4.69, 9.17) is 5.11 Å². The van der Waals surface area contributed by atoms with Gasteiger partial charge >= 0.3 is 12.1 Å². The van der Waals surface area contributed by atoms with Crippen LogP contribution in [0.3, 0.4) is 0 Å². The fourth-order valence-corrected chi connectivity index (χ4v) is 1.04. The maximum Gasteiger partial charge on any atom is 0.428 e. The van der Waals surface area contributed by atoms with Crippen LogP contribution in [0.25, 0.3) is 0 Å². The first kappa shape index (κ1) is 10.4. The van der Waals surface area contributed by atoms with E-state index >= 15 is 0 Å². The highest BCUT2D eigenvalue weighted by Crippen LogP contribution is 2.25. The van der Waals surface area contributed by atoms with E-state index in [0.29, 0.717) is 0 Å². The number of alkyl halides is 3. The molecule has 0 heterocycles. The minimum absolute atomic E-state index is 0.142. The van der Waals surface area contributed by atoms with Crippen LogP contribution in [0.15, 0.2) is 0 Å². The van der Waals surface area contributed by atoms with E-state index in [0.717, 1.165) is 0 Å². The fourth-order valence-electron chi connectivity index (χ4n) is 0.346. The molecule has 0 aliphatic carbocycles. The number of carboxylic acid groups (broad SMARTS) is 1. The van der Waals surface area contributed by atoms with Crippen molar-refractivity contribution in [2.24, 2.45) is 0 Å². The van der Waals surface area contributed by atoms with Gasteiger partial charge in [-0.3, -0.25) is 0 Å². The number of aliphatic carboxylic acids is 1. The van der Waals surface area contributed by atoms with Gasteiger partial charge in [-0.05, 0) is 0 Å². The molecule has 0 aliphatic rings. The highest BCUT2D eigenvalue weighted by atomic mass is 31.1. The quantitative estimate of drug-likeness (QED) is 0.629. The number of carboxylic acids is 1. The van der Waals surface area contributed by atoms with Crippen LogP contribution >= 0.6 is 7.77 Å². The minimum atomic E-state index is -4.57. The molecule has 0 fully saturated rings. The van der Waals surface area contributed by atoms with Gasteiger partial charge in [0.15, 0.2) is 12.0 Å². The zero-order valence-electron chi connectivity index (χ0n) is 5.13. The Morgan fingerprint density at radius 1 is 1.64 bits per heavy atom. The molecule has 3 nitrogen and oxygen atoms in total. The molecule has 7 heteroatoms. The first-order valence-corrected chi connectivity index (χ1v) is 3.91. The average Bonchev–Trinajstić information content (AvgIpc) is 1.53. The van der Waals surface area contributed by atoms with E-state index in [2.05, 4.69) is 0 Å². The highest BCUT2D eigenvalue weighted by Gasteiger charge is 2.32. The molecule has 0 saturated heterocycles. The Kier molecular flexibility index (Phi) is 3.48. The second kappa shape index (κ2) is 3.69. The zero-order valence-corrected chi connectivity index (χ0v) is 6.02. The molecule has 0 spiro atoms. The van der Waals surface area contributed by atoms with Crippen LogP contribution < -0.4 is 4.89 Å². The van der Waals surface area contributed by atoms with Crippen LogP contribution in [-0.4, -0.2) is 29.2 Å². The third kappa shape index (κ3) is 7.29. The molecule has 1 unspecified atom stereocenters. The summed E-state index contributed by atoms with van der Waals surface area (Å²) >= 11 is 0. The summed E-state index contributed by atoms with van der Waals surface area (Å²) in [4.78, 5) is 19.9. The van der Waals surface area contributed by atoms with Crippen LogP contribution in [0.4, 0.5) is 13.2 Å². The summed E-state index contributed by atoms with van der Waals surface area (Å²) in [5.41, 5.74) is 0. The van der Waals surface area contributed by atoms with Gasteiger partial charge in [0.1, 0.15) is 0 Å². The van der Waals surface area contributed by atoms with Crippen LogP contribution in [0.1, 0.15) is 0 Å². The third-order valence-corrected chi connectivity index (χ3v) is 1.77. The van der Waals surface area contributed by atoms with Gasteiger partial charge in [-0.25, -0.2) is 4.79 Å². The van der Waals surface area contributed by atoms with Crippen molar-refractivity contribution in [3.8, 4) is 0 Å². The Labute approximate surface area is 60.9 Å². The summed E-state index contributed by atoms with van der Waals surface area (Å²) in [5.74, 6) is -1.46. The lowest BCUT2D eigenvalue weighted by Gasteiger charge is -2.01. The monoisotopic (exact) mass is 188 g/mol. The van der Waals surface area contributed by atoms with Crippen molar-refractivity contribution in [3.63, 3.8) is 0 Å². The van der Waals surface area contributed by atoms with Crippen molar-refractivity contribution in [3.05, 3.63) is 0 Å². The van der Waals surface area contributed by atoms with E-state index in [9.17, 15) is 22.9 Å². The molecular formula is C4H4F3O3P. The van der Waals surface area contributed by atoms with Crippen molar-refractivity contribution < 1.29 is 28.0 Å². The number of halogens is 3. The molecule has 0 aromatic carbocycles. The van der Waals surface area contributed by atoms with Gasteiger partial charge in [-0.1, -0.05) is 0 Å². The predicted molar refractivity (Wildman–Crippen MR) is 31.5 cm³/mol. The number of carbonyl (C=O) groups is 1. The molecule has 1 atom stereocenters. The zero-order chi connectivity index (χ0) is 9.07. The summed E-state index contributed by atoms with van der Waals surface area (Å²) in [5, 5.41) is 7.87. The second-order valence-corrected chi connectivity index (χ2v) is 3.07. The Morgan fingerprint density at radius 3 is 2.36 bits per heavy atom. The summed E-state index contributed by atoms with van der Waals surface area (Å²) in [6.07, 6.45) is -6.14. The third-order valence-electron chi connectivity index (χ3n) is 0.590. The Hall–Kier alpha value is -0.610. The average molecular weight is 188 g/mol. The summed E-state index contributed by atoms with van der Waals surface area (Å²) in [6, 6.07) is 0. The highest BCUT2D eigenvalue weighted by molar-refractivity contribution is 7.52. The van der Waals surface area contributed by atoms with Crippen molar-refractivity contribution in [2.75, 3.05) is 6.16 Å². The van der Waals surface area contributed by atoms with Crippen LogP contribution in [0.5, 0.6) is 0 Å². The molecule has 64 valence electrons. The Morgan fingerprint density at radius 2 is 2.09 bits per heavy atom. The van der Waals surface area contributed by atoms with Gasteiger partial charge in [-0.15, -0.1) is 0 Å². The lowest BCUT2D eigenvalue weighted by molar-refractivity contribution is -0.164. The van der Waals surface area contributed by atoms with Crippen molar-refractivity contribution in [2.45, 2.75) is 6.18 Å². The van der Waals surface area contributed by atoms with Gasteiger partial charge in [0.2, 0.25) is 0 Å². The number of rotatable bonds is 2. The molecule has 0 aliphatic heterocycles. The van der Waals surface area contributed by atoms with E-state index in [1.165, 1.54) is 0 Å². The Bertz CT molecular complexity index is 186. The van der Waals surface area contributed by atoms with Crippen LogP contribution in [-0.2, 0) is 4.79 Å². The predicted octanol–water partition coefficient (Wildman–Crippen LogP) is 0.193. The first-order valence-electron chi connectivity index (χ1n) is 2.39. The van der Waals surface area contributed by atoms with E-state index in [1.807, 2.05) is 0 Å². The molecule has 0 aromatic heterocycles. The summed E-state index contributed by atoms with van der Waals surface area (Å²) in [7, 11) is -2.81. The first-order chi connectivity index (χ1) is 4.81. The largest absolute Gasteiger partial charge is 0.630 e. The normalized spacial score (nSPS) is 13.3. The molecule has 0 saturated carbocycles. The van der Waals surface area contributed by atoms with Crippen LogP contribution in [0, 0.1) is 0 Å². The van der Waals surface area contributed by atoms with Crippen molar-refractivity contribution >= 4 is 19.5 Å². The van der Waals surface area contributed by atoms with E-state index < -0.39 is 26.1 Å². The maximum absolute atomic E-state index is 11.4. The SMILES string of the molecule is O=C(O)C=[P+]([O-])CC(F)(F)F. The van der Waals surface area contributed by atoms with E-state index in [-0.39, 0.29) is 5.80 Å². The smallest absolute Gasteiger partial charge is 0.428 e. The topological polar surface area (TPSA) is 60.4 Å². The minimum Gasteiger partial charge on any atom is -0.630 e. The molecule has 0 amide bonds. The standard InChI is InChI=1S/C4H4F3O3P/c5-4(6,7)2-11(10)1-3(8)9/h1H,2H2,(H,8,9). The summed E-state index contributed by atoms with van der Waals surface area (Å²) < 4.78 is 34.1. The molecule has 0 rings (SSSR count). The maximum atomic E-state index is 11.4. The van der Waals surface area contributed by atoms with Crippen LogP contribution in [0.2, 0.25) is 0 Å². The van der Waals surface area contributed by atoms with Crippen molar-refractivity contribution in [1.29, 1.82) is 0 Å². The lowest BCUT2D eigenvalue weighted by atomic mass is 10.8. The number of hydrogen-bond acceptors (Lipinski definition) is 2. The molecular weight excluding hydrogens is 184 g/mol. The molecule has 0 radical (unpaired) electrons.